The summed E-state index contributed by atoms with van der Waals surface area (Å²) in [5, 5.41) is 10.3. The number of pyridine rings is 1. The van der Waals surface area contributed by atoms with E-state index < -0.39 is 0 Å². The number of imidazole rings is 1. The average Bonchev–Trinajstić information content (AvgIpc) is 3.51. The largest absolute Gasteiger partial charge is 0.378 e. The summed E-state index contributed by atoms with van der Waals surface area (Å²) >= 11 is 0. The van der Waals surface area contributed by atoms with Crippen molar-refractivity contribution in [3.63, 3.8) is 0 Å². The van der Waals surface area contributed by atoms with E-state index in [0.29, 0.717) is 19.0 Å². The zero-order chi connectivity index (χ0) is 22.0. The van der Waals surface area contributed by atoms with Crippen LogP contribution in [0.25, 0.3) is 27.8 Å². The molecule has 1 saturated heterocycles. The molecule has 164 valence electrons. The van der Waals surface area contributed by atoms with Gasteiger partial charge in [-0.3, -0.25) is 10.4 Å². The standard InChI is InChI=1S/C24H22N8O/c1-2-18-5-8-26-20(18)13-17(1)15-27-29-23-14-22(31-9-11-33-12-10-31)24-28-21(16-32(24)30-23)19-3-6-25-7-4-19/h1-8,13-16,26H,9-12H2,(H,29,30)/b27-15-. The molecule has 0 aliphatic carbocycles. The molecule has 2 N–H and O–H groups in total. The first kappa shape index (κ1) is 19.4. The van der Waals surface area contributed by atoms with E-state index in [1.165, 1.54) is 5.39 Å². The van der Waals surface area contributed by atoms with Gasteiger partial charge in [0.2, 0.25) is 0 Å². The van der Waals surface area contributed by atoms with Crippen molar-refractivity contribution in [2.45, 2.75) is 0 Å². The minimum Gasteiger partial charge on any atom is -0.378 e. The fourth-order valence-electron chi connectivity index (χ4n) is 4.03. The van der Waals surface area contributed by atoms with Crippen LogP contribution in [0.15, 0.2) is 72.4 Å². The molecule has 4 aromatic heterocycles. The maximum atomic E-state index is 5.54. The van der Waals surface area contributed by atoms with Gasteiger partial charge >= 0.3 is 0 Å². The number of nitrogens with zero attached hydrogens (tertiary/aromatic N) is 6. The first-order chi connectivity index (χ1) is 16.3. The van der Waals surface area contributed by atoms with Crippen LogP contribution < -0.4 is 10.3 Å². The van der Waals surface area contributed by atoms with Crippen LogP contribution in [0.5, 0.6) is 0 Å². The number of anilines is 2. The van der Waals surface area contributed by atoms with E-state index in [2.05, 4.69) is 37.5 Å². The number of hydrogen-bond acceptors (Lipinski definition) is 7. The third kappa shape index (κ3) is 3.90. The fourth-order valence-corrected chi connectivity index (χ4v) is 4.03. The Balaban J connectivity index is 1.34. The van der Waals surface area contributed by atoms with E-state index in [1.807, 2.05) is 47.2 Å². The van der Waals surface area contributed by atoms with Crippen molar-refractivity contribution in [1.82, 2.24) is 24.6 Å². The van der Waals surface area contributed by atoms with Crippen molar-refractivity contribution < 1.29 is 4.74 Å². The van der Waals surface area contributed by atoms with Gasteiger partial charge in [0, 0.05) is 48.8 Å². The van der Waals surface area contributed by atoms with Gasteiger partial charge in [0.1, 0.15) is 0 Å². The highest BCUT2D eigenvalue weighted by Crippen LogP contribution is 2.27. The number of benzene rings is 1. The van der Waals surface area contributed by atoms with Crippen LogP contribution in [-0.4, -0.2) is 57.1 Å². The van der Waals surface area contributed by atoms with Crippen LogP contribution in [-0.2, 0) is 4.74 Å². The molecule has 0 radical (unpaired) electrons. The molecule has 0 bridgehead atoms. The summed E-state index contributed by atoms with van der Waals surface area (Å²) in [6.07, 6.45) is 9.19. The highest BCUT2D eigenvalue weighted by Gasteiger charge is 2.18. The van der Waals surface area contributed by atoms with Gasteiger partial charge in [-0.15, -0.1) is 5.10 Å². The molecule has 0 amide bonds. The van der Waals surface area contributed by atoms with Crippen molar-refractivity contribution in [3.8, 4) is 11.3 Å². The molecule has 1 aliphatic heterocycles. The number of rotatable bonds is 5. The predicted octanol–water partition coefficient (Wildman–Crippen LogP) is 3.56. The van der Waals surface area contributed by atoms with E-state index in [9.17, 15) is 0 Å². The molecule has 5 aromatic rings. The lowest BCUT2D eigenvalue weighted by atomic mass is 10.2. The molecule has 1 fully saturated rings. The average molecular weight is 438 g/mol. The SMILES string of the molecule is C(=N/Nc1cc(N2CCOCC2)c2nc(-c3ccncc3)cn2n1)/c1ccc2cc[nH]c2c1. The number of morpholine rings is 1. The van der Waals surface area contributed by atoms with Crippen molar-refractivity contribution in [1.29, 1.82) is 0 Å². The van der Waals surface area contributed by atoms with Gasteiger partial charge < -0.3 is 14.6 Å². The Morgan fingerprint density at radius 2 is 1.94 bits per heavy atom. The van der Waals surface area contributed by atoms with Crippen LogP contribution in [0, 0.1) is 0 Å². The van der Waals surface area contributed by atoms with Gasteiger partial charge in [0.15, 0.2) is 11.5 Å². The first-order valence-corrected chi connectivity index (χ1v) is 10.8. The molecule has 33 heavy (non-hydrogen) atoms. The zero-order valence-electron chi connectivity index (χ0n) is 17.8. The number of ether oxygens (including phenoxy) is 1. The van der Waals surface area contributed by atoms with Gasteiger partial charge in [-0.05, 0) is 35.2 Å². The summed E-state index contributed by atoms with van der Waals surface area (Å²) in [5.41, 5.74) is 8.80. The van der Waals surface area contributed by atoms with E-state index in [4.69, 9.17) is 14.8 Å². The van der Waals surface area contributed by atoms with Gasteiger partial charge in [0.05, 0.1) is 37.0 Å². The van der Waals surface area contributed by atoms with E-state index >= 15 is 0 Å². The number of hydrazone groups is 1. The number of fused-ring (bicyclic) bond motifs is 2. The van der Waals surface area contributed by atoms with E-state index in [-0.39, 0.29) is 0 Å². The lowest BCUT2D eigenvalue weighted by Gasteiger charge is -2.29. The molecule has 0 unspecified atom stereocenters. The lowest BCUT2D eigenvalue weighted by molar-refractivity contribution is 0.123. The Morgan fingerprint density at radius 3 is 2.82 bits per heavy atom. The van der Waals surface area contributed by atoms with Crippen LogP contribution >= 0.6 is 0 Å². The second-order valence-electron chi connectivity index (χ2n) is 7.84. The topological polar surface area (TPSA) is 95.7 Å². The van der Waals surface area contributed by atoms with Gasteiger partial charge in [-0.2, -0.15) is 5.10 Å². The summed E-state index contributed by atoms with van der Waals surface area (Å²) in [7, 11) is 0. The van der Waals surface area contributed by atoms with Gasteiger partial charge in [-0.25, -0.2) is 9.50 Å². The molecule has 1 aliphatic rings. The second-order valence-corrected chi connectivity index (χ2v) is 7.84. The molecule has 5 heterocycles. The third-order valence-corrected chi connectivity index (χ3v) is 5.71. The zero-order valence-corrected chi connectivity index (χ0v) is 17.8. The Hall–Kier alpha value is -4.24. The summed E-state index contributed by atoms with van der Waals surface area (Å²) in [6, 6.07) is 14.1. The molecule has 0 atom stereocenters. The monoisotopic (exact) mass is 438 g/mol. The number of aromatic amines is 1. The Kier molecular flexibility index (Phi) is 4.93. The number of H-pyrrole nitrogens is 1. The Labute approximate surface area is 189 Å². The van der Waals surface area contributed by atoms with Gasteiger partial charge in [0.25, 0.3) is 0 Å². The molecule has 0 saturated carbocycles. The Morgan fingerprint density at radius 1 is 1.06 bits per heavy atom. The number of hydrogen-bond donors (Lipinski definition) is 2. The second kappa shape index (κ2) is 8.36. The first-order valence-electron chi connectivity index (χ1n) is 10.8. The summed E-state index contributed by atoms with van der Waals surface area (Å²) in [6.45, 7) is 2.98. The molecular weight excluding hydrogens is 416 g/mol. The molecule has 1 aromatic carbocycles. The van der Waals surface area contributed by atoms with E-state index in [0.717, 1.165) is 46.8 Å². The maximum absolute atomic E-state index is 5.54. The van der Waals surface area contributed by atoms with Crippen LogP contribution in [0.4, 0.5) is 11.5 Å². The molecule has 9 nitrogen and oxygen atoms in total. The quantitative estimate of drug-likeness (QED) is 0.322. The van der Waals surface area contributed by atoms with E-state index in [1.54, 1.807) is 18.6 Å². The fraction of sp³-hybridized carbons (Fsp3) is 0.167. The van der Waals surface area contributed by atoms with Crippen LogP contribution in [0.2, 0.25) is 0 Å². The smallest absolute Gasteiger partial charge is 0.177 e. The minimum atomic E-state index is 0.639. The summed E-state index contributed by atoms with van der Waals surface area (Å²) in [4.78, 5) is 14.5. The Bertz CT molecular complexity index is 1430. The summed E-state index contributed by atoms with van der Waals surface area (Å²) in [5.74, 6) is 0.639. The van der Waals surface area contributed by atoms with Crippen LogP contribution in [0.1, 0.15) is 5.56 Å². The van der Waals surface area contributed by atoms with Crippen molar-refractivity contribution in [2.75, 3.05) is 36.6 Å². The van der Waals surface area contributed by atoms with Gasteiger partial charge in [-0.1, -0.05) is 12.1 Å². The highest BCUT2D eigenvalue weighted by atomic mass is 16.5. The van der Waals surface area contributed by atoms with Crippen LogP contribution in [0.3, 0.4) is 0 Å². The minimum absolute atomic E-state index is 0.639. The molecule has 9 heteroatoms. The van der Waals surface area contributed by atoms with Crippen molar-refractivity contribution in [3.05, 3.63) is 72.8 Å². The highest BCUT2D eigenvalue weighted by molar-refractivity contribution is 5.89. The normalized spacial score (nSPS) is 14.5. The predicted molar refractivity (Wildman–Crippen MR) is 129 cm³/mol. The summed E-state index contributed by atoms with van der Waals surface area (Å²) < 4.78 is 7.35. The lowest BCUT2D eigenvalue weighted by Crippen LogP contribution is -2.36. The molecular formula is C24H22N8O. The number of aromatic nitrogens is 5. The van der Waals surface area contributed by atoms with Crippen molar-refractivity contribution >= 4 is 34.3 Å². The molecule has 6 rings (SSSR count). The number of nitrogens with one attached hydrogen (secondary N) is 2. The maximum Gasteiger partial charge on any atom is 0.177 e. The van der Waals surface area contributed by atoms with Crippen molar-refractivity contribution in [2.24, 2.45) is 5.10 Å². The molecule has 0 spiro atoms. The third-order valence-electron chi connectivity index (χ3n) is 5.71.